The molecule has 0 saturated heterocycles. The van der Waals surface area contributed by atoms with Crippen molar-refractivity contribution >= 4 is 11.9 Å². The molecule has 1 amide bonds. The molecule has 0 aromatic carbocycles. The molecule has 0 bridgehead atoms. The van der Waals surface area contributed by atoms with Crippen molar-refractivity contribution in [3.63, 3.8) is 0 Å². The first kappa shape index (κ1) is 16.7. The number of ether oxygens (including phenoxy) is 1. The molecule has 0 saturated carbocycles. The maximum absolute atomic E-state index is 12.7. The van der Waals surface area contributed by atoms with E-state index < -0.39 is 36.2 Å². The molecule has 4 nitrogen and oxygen atoms in total. The summed E-state index contributed by atoms with van der Waals surface area (Å²) in [6, 6.07) is -1.38. The third kappa shape index (κ3) is 3.85. The summed E-state index contributed by atoms with van der Waals surface area (Å²) in [5.74, 6) is -8.49. The van der Waals surface area contributed by atoms with Gasteiger partial charge in [0.1, 0.15) is 6.04 Å². The largest absolute Gasteiger partial charge is 0.467 e. The minimum atomic E-state index is -4.83. The Balaban J connectivity index is 4.90. The van der Waals surface area contributed by atoms with E-state index in [9.17, 15) is 27.2 Å². The maximum atomic E-state index is 12.7. The maximum Gasteiger partial charge on any atom is 0.383 e. The molecule has 0 spiro atoms. The summed E-state index contributed by atoms with van der Waals surface area (Å²) >= 11 is 0. The number of rotatable bonds is 6. The Morgan fingerprint density at radius 2 is 1.83 bits per heavy atom. The Hall–Kier alpha value is -1.34. The van der Waals surface area contributed by atoms with Crippen molar-refractivity contribution < 1.29 is 31.9 Å². The Labute approximate surface area is 102 Å². The van der Waals surface area contributed by atoms with Crippen LogP contribution >= 0.6 is 0 Å². The number of hydrogen-bond acceptors (Lipinski definition) is 3. The fourth-order valence-electron chi connectivity index (χ4n) is 1.13. The van der Waals surface area contributed by atoms with E-state index in [1.54, 1.807) is 12.2 Å². The Morgan fingerprint density at radius 3 is 2.17 bits per heavy atom. The fraction of sp³-hybridized carbons (Fsp3) is 0.800. The summed E-state index contributed by atoms with van der Waals surface area (Å²) in [4.78, 5) is 22.3. The van der Waals surface area contributed by atoms with Gasteiger partial charge in [0.15, 0.2) is 0 Å². The SMILES string of the molecule is CCC(C)C(NC(=O)C(F)(F)C(F)F)C(=O)OC. The van der Waals surface area contributed by atoms with Crippen molar-refractivity contribution in [3.8, 4) is 0 Å². The highest BCUT2D eigenvalue weighted by molar-refractivity contribution is 5.89. The van der Waals surface area contributed by atoms with Gasteiger partial charge in [-0.3, -0.25) is 4.79 Å². The van der Waals surface area contributed by atoms with Gasteiger partial charge in [-0.25, -0.2) is 13.6 Å². The highest BCUT2D eigenvalue weighted by atomic mass is 19.3. The zero-order chi connectivity index (χ0) is 14.5. The first-order valence-corrected chi connectivity index (χ1v) is 5.23. The molecular formula is C10H15F4NO3. The van der Waals surface area contributed by atoms with Crippen molar-refractivity contribution in [1.29, 1.82) is 0 Å². The van der Waals surface area contributed by atoms with Crippen LogP contribution in [0, 0.1) is 5.92 Å². The van der Waals surface area contributed by atoms with E-state index in [0.29, 0.717) is 6.42 Å². The summed E-state index contributed by atoms with van der Waals surface area (Å²) in [5, 5.41) is 1.60. The van der Waals surface area contributed by atoms with E-state index >= 15 is 0 Å². The van der Waals surface area contributed by atoms with Crippen LogP contribution in [0.4, 0.5) is 17.6 Å². The van der Waals surface area contributed by atoms with E-state index in [1.807, 2.05) is 0 Å². The van der Waals surface area contributed by atoms with Gasteiger partial charge in [0, 0.05) is 0 Å². The third-order valence-electron chi connectivity index (χ3n) is 2.53. The molecule has 0 radical (unpaired) electrons. The normalized spacial score (nSPS) is 15.1. The number of carbonyl (C=O) groups excluding carboxylic acids is 2. The topological polar surface area (TPSA) is 55.4 Å². The van der Waals surface area contributed by atoms with Crippen molar-refractivity contribution in [3.05, 3.63) is 0 Å². The number of hydrogen-bond donors (Lipinski definition) is 1. The molecule has 0 aromatic heterocycles. The van der Waals surface area contributed by atoms with Crippen LogP contribution < -0.4 is 5.32 Å². The molecule has 1 N–H and O–H groups in total. The lowest BCUT2D eigenvalue weighted by molar-refractivity contribution is -0.172. The summed E-state index contributed by atoms with van der Waals surface area (Å²) in [6.45, 7) is 3.15. The molecule has 0 aliphatic heterocycles. The van der Waals surface area contributed by atoms with Crippen LogP contribution in [0.1, 0.15) is 20.3 Å². The molecule has 0 rings (SSSR count). The lowest BCUT2D eigenvalue weighted by Crippen LogP contribution is -2.53. The molecule has 2 unspecified atom stereocenters. The Morgan fingerprint density at radius 1 is 1.33 bits per heavy atom. The Kier molecular flexibility index (Phi) is 6.07. The van der Waals surface area contributed by atoms with Gasteiger partial charge in [0.2, 0.25) is 0 Å². The zero-order valence-corrected chi connectivity index (χ0v) is 10.2. The van der Waals surface area contributed by atoms with Gasteiger partial charge in [-0.15, -0.1) is 0 Å². The molecule has 0 heterocycles. The van der Waals surface area contributed by atoms with E-state index in [2.05, 4.69) is 4.74 Å². The summed E-state index contributed by atoms with van der Waals surface area (Å²) in [6.07, 6.45) is -3.76. The first-order chi connectivity index (χ1) is 8.18. The molecule has 18 heavy (non-hydrogen) atoms. The number of amides is 1. The van der Waals surface area contributed by atoms with Crippen LogP contribution in [0.3, 0.4) is 0 Å². The number of carbonyl (C=O) groups is 2. The molecule has 106 valence electrons. The van der Waals surface area contributed by atoms with E-state index in [1.165, 1.54) is 6.92 Å². The van der Waals surface area contributed by atoms with Gasteiger partial charge in [-0.2, -0.15) is 8.78 Å². The molecule has 0 aliphatic rings. The summed E-state index contributed by atoms with van der Waals surface area (Å²) in [7, 11) is 1.01. The second-order valence-corrected chi connectivity index (χ2v) is 3.78. The number of nitrogens with one attached hydrogen (secondary N) is 1. The number of halogens is 4. The Bertz CT molecular complexity index is 309. The summed E-state index contributed by atoms with van der Waals surface area (Å²) in [5.41, 5.74) is 0. The highest BCUT2D eigenvalue weighted by Crippen LogP contribution is 2.23. The average molecular weight is 273 g/mol. The van der Waals surface area contributed by atoms with Crippen molar-refractivity contribution in [2.45, 2.75) is 38.7 Å². The summed E-state index contributed by atoms with van der Waals surface area (Å²) < 4.78 is 53.7. The molecule has 2 atom stereocenters. The zero-order valence-electron chi connectivity index (χ0n) is 10.2. The number of esters is 1. The second-order valence-electron chi connectivity index (χ2n) is 3.78. The van der Waals surface area contributed by atoms with E-state index in [-0.39, 0.29) is 0 Å². The number of alkyl halides is 4. The standard InChI is InChI=1S/C10H15F4NO3/c1-4-5(2)6(7(16)18-3)15-9(17)10(13,14)8(11)12/h5-6,8H,4H2,1-3H3,(H,15,17). The van der Waals surface area contributed by atoms with Crippen LogP contribution in [0.25, 0.3) is 0 Å². The van der Waals surface area contributed by atoms with Crippen molar-refractivity contribution in [2.75, 3.05) is 7.11 Å². The third-order valence-corrected chi connectivity index (χ3v) is 2.53. The van der Waals surface area contributed by atoms with Gasteiger partial charge in [0.05, 0.1) is 7.11 Å². The molecule has 0 aliphatic carbocycles. The predicted molar refractivity (Wildman–Crippen MR) is 54.4 cm³/mol. The van der Waals surface area contributed by atoms with Crippen LogP contribution in [0.2, 0.25) is 0 Å². The monoisotopic (exact) mass is 273 g/mol. The number of methoxy groups -OCH3 is 1. The lowest BCUT2D eigenvalue weighted by Gasteiger charge is -2.24. The van der Waals surface area contributed by atoms with Crippen molar-refractivity contribution in [2.24, 2.45) is 5.92 Å². The van der Waals surface area contributed by atoms with Gasteiger partial charge in [-0.05, 0) is 5.92 Å². The van der Waals surface area contributed by atoms with Gasteiger partial charge < -0.3 is 10.1 Å². The minimum Gasteiger partial charge on any atom is -0.467 e. The second kappa shape index (κ2) is 6.55. The van der Waals surface area contributed by atoms with Crippen molar-refractivity contribution in [1.82, 2.24) is 5.32 Å². The van der Waals surface area contributed by atoms with E-state index in [4.69, 9.17) is 0 Å². The predicted octanol–water partition coefficient (Wildman–Crippen LogP) is 1.59. The molecular weight excluding hydrogens is 258 g/mol. The fourth-order valence-corrected chi connectivity index (χ4v) is 1.13. The van der Waals surface area contributed by atoms with Gasteiger partial charge in [-0.1, -0.05) is 20.3 Å². The van der Waals surface area contributed by atoms with Gasteiger partial charge in [0.25, 0.3) is 5.91 Å². The minimum absolute atomic E-state index is 0.375. The molecule has 8 heteroatoms. The van der Waals surface area contributed by atoms with E-state index in [0.717, 1.165) is 7.11 Å². The van der Waals surface area contributed by atoms with Crippen LogP contribution in [-0.2, 0) is 14.3 Å². The molecule has 0 fully saturated rings. The first-order valence-electron chi connectivity index (χ1n) is 5.23. The van der Waals surface area contributed by atoms with Gasteiger partial charge >= 0.3 is 18.3 Å². The molecule has 0 aromatic rings. The average Bonchev–Trinajstić information content (AvgIpc) is 2.33. The smallest absolute Gasteiger partial charge is 0.383 e. The highest BCUT2D eigenvalue weighted by Gasteiger charge is 2.50. The lowest BCUT2D eigenvalue weighted by atomic mass is 9.99. The van der Waals surface area contributed by atoms with Crippen LogP contribution in [0.15, 0.2) is 0 Å². The quantitative estimate of drug-likeness (QED) is 0.590. The van der Waals surface area contributed by atoms with Crippen LogP contribution in [0.5, 0.6) is 0 Å². The van der Waals surface area contributed by atoms with Crippen LogP contribution in [-0.4, -0.2) is 37.4 Å².